The number of hydrogen-bond acceptors (Lipinski definition) is 2. The highest BCUT2D eigenvalue weighted by atomic mass is 19.1. The van der Waals surface area contributed by atoms with Crippen molar-refractivity contribution in [2.24, 2.45) is 0 Å². The smallest absolute Gasteiger partial charge is 0.315 e. The Balaban J connectivity index is 2.49. The van der Waals surface area contributed by atoms with E-state index in [4.69, 9.17) is 5.11 Å². The molecule has 16 heavy (non-hydrogen) atoms. The van der Waals surface area contributed by atoms with Gasteiger partial charge in [0.15, 0.2) is 0 Å². The number of carboxylic acids is 1. The lowest BCUT2D eigenvalue weighted by atomic mass is 9.63. The lowest BCUT2D eigenvalue weighted by Crippen LogP contribution is -2.48. The third-order valence-electron chi connectivity index (χ3n) is 3.05. The van der Waals surface area contributed by atoms with Crippen molar-refractivity contribution in [2.75, 3.05) is 0 Å². The summed E-state index contributed by atoms with van der Waals surface area (Å²) >= 11 is 0. The zero-order chi connectivity index (χ0) is 11.9. The van der Waals surface area contributed by atoms with Crippen LogP contribution in [0.2, 0.25) is 0 Å². The number of rotatable bonds is 2. The van der Waals surface area contributed by atoms with Crippen molar-refractivity contribution in [3.63, 3.8) is 0 Å². The van der Waals surface area contributed by atoms with Crippen LogP contribution in [0.5, 0.6) is 0 Å². The van der Waals surface area contributed by atoms with Gasteiger partial charge in [0, 0.05) is 18.4 Å². The molecule has 1 N–H and O–H groups in total. The number of carbonyl (C=O) groups is 2. The van der Waals surface area contributed by atoms with Crippen LogP contribution in [-0.4, -0.2) is 16.9 Å². The molecule has 1 saturated carbocycles. The molecule has 2 rings (SSSR count). The van der Waals surface area contributed by atoms with Gasteiger partial charge >= 0.3 is 5.97 Å². The number of hydrogen-bond donors (Lipinski definition) is 1. The van der Waals surface area contributed by atoms with Crippen LogP contribution in [0.15, 0.2) is 18.2 Å². The Morgan fingerprint density at radius 1 is 1.44 bits per heavy atom. The highest BCUT2D eigenvalue weighted by molar-refractivity contribution is 6.01. The normalized spacial score (nSPS) is 18.0. The molecule has 0 bridgehead atoms. The van der Waals surface area contributed by atoms with E-state index in [1.807, 2.05) is 0 Å². The van der Waals surface area contributed by atoms with Gasteiger partial charge in [0.25, 0.3) is 0 Å². The zero-order valence-corrected chi connectivity index (χ0v) is 8.79. The van der Waals surface area contributed by atoms with Crippen molar-refractivity contribution in [2.45, 2.75) is 25.2 Å². The fourth-order valence-corrected chi connectivity index (χ4v) is 2.09. The Morgan fingerprint density at radius 2 is 2.06 bits per heavy atom. The molecule has 1 aliphatic rings. The van der Waals surface area contributed by atoms with Crippen LogP contribution in [0.3, 0.4) is 0 Å². The van der Waals surface area contributed by atoms with Crippen LogP contribution >= 0.6 is 0 Å². The van der Waals surface area contributed by atoms with Crippen LogP contribution in [0.25, 0.3) is 0 Å². The first-order chi connectivity index (χ1) is 7.45. The number of aliphatic carboxylic acids is 1. The second kappa shape index (κ2) is 3.40. The quantitative estimate of drug-likeness (QED) is 0.830. The van der Waals surface area contributed by atoms with E-state index in [0.29, 0.717) is 0 Å². The van der Waals surface area contributed by atoms with Crippen molar-refractivity contribution < 1.29 is 19.1 Å². The topological polar surface area (TPSA) is 54.4 Å². The summed E-state index contributed by atoms with van der Waals surface area (Å²) in [5.74, 6) is -1.81. The molecule has 0 saturated heterocycles. The number of aryl methyl sites for hydroxylation is 1. The molecule has 0 aromatic heterocycles. The van der Waals surface area contributed by atoms with Crippen LogP contribution in [-0.2, 0) is 15.0 Å². The summed E-state index contributed by atoms with van der Waals surface area (Å²) in [6.45, 7) is 1.73. The molecule has 0 heterocycles. The maximum absolute atomic E-state index is 13.7. The lowest BCUT2D eigenvalue weighted by Gasteiger charge is -2.36. The van der Waals surface area contributed by atoms with Crippen LogP contribution in [0.4, 0.5) is 4.39 Å². The maximum Gasteiger partial charge on any atom is 0.315 e. The number of benzene rings is 1. The van der Waals surface area contributed by atoms with E-state index in [2.05, 4.69) is 0 Å². The second-order valence-electron chi connectivity index (χ2n) is 4.26. The van der Waals surface area contributed by atoms with Crippen molar-refractivity contribution >= 4 is 11.8 Å². The molecule has 0 atom stereocenters. The van der Waals surface area contributed by atoms with E-state index in [0.717, 1.165) is 5.56 Å². The maximum atomic E-state index is 13.7. The minimum atomic E-state index is -1.34. The molecule has 3 nitrogen and oxygen atoms in total. The summed E-state index contributed by atoms with van der Waals surface area (Å²) in [5, 5.41) is 9.13. The van der Waals surface area contributed by atoms with Gasteiger partial charge in [-0.15, -0.1) is 0 Å². The molecule has 0 unspecified atom stereocenters. The van der Waals surface area contributed by atoms with E-state index in [1.165, 1.54) is 12.1 Å². The molecule has 1 aromatic carbocycles. The molecule has 0 aliphatic heterocycles. The Labute approximate surface area is 91.9 Å². The molecule has 0 radical (unpaired) electrons. The third-order valence-corrected chi connectivity index (χ3v) is 3.05. The minimum Gasteiger partial charge on any atom is -0.481 e. The van der Waals surface area contributed by atoms with Gasteiger partial charge in [-0.3, -0.25) is 9.59 Å². The third kappa shape index (κ3) is 1.41. The lowest BCUT2D eigenvalue weighted by molar-refractivity contribution is -0.153. The van der Waals surface area contributed by atoms with E-state index in [9.17, 15) is 14.0 Å². The monoisotopic (exact) mass is 222 g/mol. The Hall–Kier alpha value is -1.71. The summed E-state index contributed by atoms with van der Waals surface area (Å²) < 4.78 is 13.7. The van der Waals surface area contributed by atoms with Crippen LogP contribution < -0.4 is 0 Å². The highest BCUT2D eigenvalue weighted by Crippen LogP contribution is 2.42. The summed E-state index contributed by atoms with van der Waals surface area (Å²) in [6.07, 6.45) is -0.218. The van der Waals surface area contributed by atoms with Gasteiger partial charge in [-0.25, -0.2) is 4.39 Å². The Kier molecular flexibility index (Phi) is 2.30. The largest absolute Gasteiger partial charge is 0.481 e. The number of Topliss-reactive ketones (excluding diaryl/α,β-unsaturated/α-hetero) is 1. The average Bonchev–Trinajstić information content (AvgIpc) is 2.12. The molecule has 84 valence electrons. The summed E-state index contributed by atoms with van der Waals surface area (Å²) in [5.41, 5.74) is -0.493. The van der Waals surface area contributed by atoms with E-state index in [1.54, 1.807) is 13.0 Å². The first kappa shape index (κ1) is 10.8. The van der Waals surface area contributed by atoms with Gasteiger partial charge in [-0.2, -0.15) is 0 Å². The van der Waals surface area contributed by atoms with Crippen molar-refractivity contribution in [1.29, 1.82) is 0 Å². The van der Waals surface area contributed by atoms with Crippen LogP contribution in [0.1, 0.15) is 24.0 Å². The molecule has 1 aliphatic carbocycles. The minimum absolute atomic E-state index is 0.109. The van der Waals surface area contributed by atoms with Gasteiger partial charge in [-0.1, -0.05) is 12.1 Å². The van der Waals surface area contributed by atoms with E-state index in [-0.39, 0.29) is 24.2 Å². The molecule has 0 spiro atoms. The molecule has 4 heteroatoms. The van der Waals surface area contributed by atoms with Gasteiger partial charge < -0.3 is 5.11 Å². The summed E-state index contributed by atoms with van der Waals surface area (Å²) in [7, 11) is 0. The number of carbonyl (C=O) groups excluding carboxylic acids is 1. The van der Waals surface area contributed by atoms with Gasteiger partial charge in [0.1, 0.15) is 17.0 Å². The summed E-state index contributed by atoms with van der Waals surface area (Å²) in [4.78, 5) is 22.2. The van der Waals surface area contributed by atoms with Crippen LogP contribution in [0, 0.1) is 12.7 Å². The first-order valence-corrected chi connectivity index (χ1v) is 4.97. The Morgan fingerprint density at radius 3 is 2.50 bits per heavy atom. The van der Waals surface area contributed by atoms with Crippen molar-refractivity contribution in [1.82, 2.24) is 0 Å². The molecule has 1 aromatic rings. The molecule has 0 amide bonds. The Bertz CT molecular complexity index is 471. The average molecular weight is 222 g/mol. The van der Waals surface area contributed by atoms with Gasteiger partial charge in [0.05, 0.1) is 0 Å². The van der Waals surface area contributed by atoms with E-state index < -0.39 is 17.2 Å². The number of carboxylic acid groups (broad SMARTS) is 1. The van der Waals surface area contributed by atoms with Gasteiger partial charge in [0.2, 0.25) is 0 Å². The van der Waals surface area contributed by atoms with Crippen molar-refractivity contribution in [3.8, 4) is 0 Å². The first-order valence-electron chi connectivity index (χ1n) is 4.97. The predicted molar refractivity (Wildman–Crippen MR) is 54.7 cm³/mol. The summed E-state index contributed by atoms with van der Waals surface area (Å²) in [6, 6.07) is 4.42. The van der Waals surface area contributed by atoms with E-state index >= 15 is 0 Å². The predicted octanol–water partition coefficient (Wildman–Crippen LogP) is 1.82. The van der Waals surface area contributed by atoms with Gasteiger partial charge in [-0.05, 0) is 18.6 Å². The standard InChI is InChI=1S/C12H11FO3/c1-7-2-3-9(10(13)4-7)12(11(15)16)5-8(14)6-12/h2-4H,5-6H2,1H3,(H,15,16). The highest BCUT2D eigenvalue weighted by Gasteiger charge is 2.52. The molecule has 1 fully saturated rings. The second-order valence-corrected chi connectivity index (χ2v) is 4.26. The number of ketones is 1. The fourth-order valence-electron chi connectivity index (χ4n) is 2.09. The molecular weight excluding hydrogens is 211 g/mol. The number of halogens is 1. The molecular formula is C12H11FO3. The fraction of sp³-hybridized carbons (Fsp3) is 0.333. The SMILES string of the molecule is Cc1ccc(C2(C(=O)O)CC(=O)C2)c(F)c1. The van der Waals surface area contributed by atoms with Crippen molar-refractivity contribution in [3.05, 3.63) is 35.1 Å². The zero-order valence-electron chi connectivity index (χ0n) is 8.79.